The number of rotatable bonds is 13. The van der Waals surface area contributed by atoms with E-state index >= 15 is 0 Å². The maximum Gasteiger partial charge on any atom is 0.243 e. The van der Waals surface area contributed by atoms with Crippen LogP contribution in [0.1, 0.15) is 29.5 Å². The van der Waals surface area contributed by atoms with Crippen molar-refractivity contribution in [1.82, 2.24) is 20.0 Å². The standard InChI is InChI=1S/C22H38N4O2/c1-8-21(27)23-11-9-10-12-28-22-19(16-25(4)5)13-18(15-24(2)3)14-20(22)17-26(6)7/h8,13-14H,1,9-12,15-17H2,2-7H3,(H,23,27). The average molecular weight is 391 g/mol. The molecule has 0 aliphatic rings. The topological polar surface area (TPSA) is 48.1 Å². The molecule has 0 radical (unpaired) electrons. The van der Waals surface area contributed by atoms with Gasteiger partial charge in [0.05, 0.1) is 6.61 Å². The zero-order valence-electron chi connectivity index (χ0n) is 18.5. The van der Waals surface area contributed by atoms with Gasteiger partial charge in [-0.25, -0.2) is 0 Å². The van der Waals surface area contributed by atoms with Crippen LogP contribution in [-0.4, -0.2) is 76.0 Å². The normalized spacial score (nSPS) is 11.3. The number of nitrogens with one attached hydrogen (secondary N) is 1. The van der Waals surface area contributed by atoms with Gasteiger partial charge in [0, 0.05) is 37.3 Å². The first-order valence-electron chi connectivity index (χ1n) is 9.84. The van der Waals surface area contributed by atoms with Gasteiger partial charge >= 0.3 is 0 Å². The monoisotopic (exact) mass is 390 g/mol. The van der Waals surface area contributed by atoms with Gasteiger partial charge in [-0.05, 0) is 78.9 Å². The molecule has 0 saturated carbocycles. The second kappa shape index (κ2) is 12.5. The highest BCUT2D eigenvalue weighted by atomic mass is 16.5. The zero-order valence-corrected chi connectivity index (χ0v) is 18.5. The minimum atomic E-state index is -0.126. The highest BCUT2D eigenvalue weighted by molar-refractivity contribution is 5.86. The number of ether oxygens (including phenoxy) is 1. The Morgan fingerprint density at radius 1 is 0.964 bits per heavy atom. The Hall–Kier alpha value is -1.89. The summed E-state index contributed by atoms with van der Waals surface area (Å²) in [5.74, 6) is 0.874. The molecule has 0 unspecified atom stereocenters. The summed E-state index contributed by atoms with van der Waals surface area (Å²) in [5, 5.41) is 2.80. The molecule has 1 amide bonds. The first-order valence-corrected chi connectivity index (χ1v) is 9.84. The highest BCUT2D eigenvalue weighted by Gasteiger charge is 2.15. The van der Waals surface area contributed by atoms with Crippen molar-refractivity contribution in [3.8, 4) is 5.75 Å². The zero-order chi connectivity index (χ0) is 21.1. The second-order valence-electron chi connectivity index (χ2n) is 8.01. The number of hydrogen-bond acceptors (Lipinski definition) is 5. The fourth-order valence-corrected chi connectivity index (χ4v) is 3.07. The van der Waals surface area contributed by atoms with Gasteiger partial charge in [-0.2, -0.15) is 0 Å². The molecule has 0 aliphatic heterocycles. The average Bonchev–Trinajstić information content (AvgIpc) is 2.57. The van der Waals surface area contributed by atoms with E-state index in [1.165, 1.54) is 22.8 Å². The predicted molar refractivity (Wildman–Crippen MR) is 117 cm³/mol. The number of hydrogen-bond donors (Lipinski definition) is 1. The van der Waals surface area contributed by atoms with Crippen molar-refractivity contribution in [3.63, 3.8) is 0 Å². The Kier molecular flexibility index (Phi) is 10.8. The lowest BCUT2D eigenvalue weighted by molar-refractivity contribution is -0.116. The van der Waals surface area contributed by atoms with Crippen LogP contribution >= 0.6 is 0 Å². The molecule has 1 aromatic carbocycles. The van der Waals surface area contributed by atoms with Crippen molar-refractivity contribution >= 4 is 5.91 Å². The van der Waals surface area contributed by atoms with Crippen LogP contribution in [0.25, 0.3) is 0 Å². The molecule has 0 aromatic heterocycles. The summed E-state index contributed by atoms with van der Waals surface area (Å²) in [6.07, 6.45) is 3.07. The SMILES string of the molecule is C=CC(=O)NCCCCOc1c(CN(C)C)cc(CN(C)C)cc1CN(C)C. The lowest BCUT2D eigenvalue weighted by atomic mass is 10.0. The van der Waals surface area contributed by atoms with Crippen molar-refractivity contribution in [2.75, 3.05) is 55.4 Å². The van der Waals surface area contributed by atoms with E-state index in [1.54, 1.807) is 0 Å². The van der Waals surface area contributed by atoms with Crippen LogP contribution in [0.4, 0.5) is 0 Å². The fraction of sp³-hybridized carbons (Fsp3) is 0.591. The van der Waals surface area contributed by atoms with Crippen LogP contribution < -0.4 is 10.1 Å². The molecular formula is C22H38N4O2. The minimum absolute atomic E-state index is 0.126. The van der Waals surface area contributed by atoms with Crippen LogP contribution in [0.3, 0.4) is 0 Å². The van der Waals surface area contributed by atoms with Gasteiger partial charge in [-0.15, -0.1) is 0 Å². The van der Waals surface area contributed by atoms with Gasteiger partial charge in [0.25, 0.3) is 0 Å². The first-order chi connectivity index (χ1) is 13.2. The summed E-state index contributed by atoms with van der Waals surface area (Å²) in [7, 11) is 12.5. The molecule has 0 aliphatic carbocycles. The quantitative estimate of drug-likeness (QED) is 0.414. The van der Waals surface area contributed by atoms with Gasteiger partial charge < -0.3 is 24.8 Å². The predicted octanol–water partition coefficient (Wildman–Crippen LogP) is 2.33. The van der Waals surface area contributed by atoms with Gasteiger partial charge in [0.15, 0.2) is 0 Å². The van der Waals surface area contributed by atoms with E-state index in [4.69, 9.17) is 4.74 Å². The van der Waals surface area contributed by atoms with E-state index in [9.17, 15) is 4.79 Å². The number of benzene rings is 1. The van der Waals surface area contributed by atoms with E-state index in [0.29, 0.717) is 13.2 Å². The van der Waals surface area contributed by atoms with Gasteiger partial charge in [0.2, 0.25) is 5.91 Å². The third-order valence-electron chi connectivity index (χ3n) is 4.08. The molecule has 1 N–H and O–H groups in total. The van der Waals surface area contributed by atoms with E-state index in [-0.39, 0.29) is 5.91 Å². The fourth-order valence-electron chi connectivity index (χ4n) is 3.07. The van der Waals surface area contributed by atoms with E-state index in [1.807, 2.05) is 0 Å². The van der Waals surface area contributed by atoms with Crippen molar-refractivity contribution in [1.29, 1.82) is 0 Å². The van der Waals surface area contributed by atoms with Gasteiger partial charge in [-0.3, -0.25) is 4.79 Å². The molecule has 0 saturated heterocycles. The summed E-state index contributed by atoms with van der Waals surface area (Å²) in [5.41, 5.74) is 3.75. The van der Waals surface area contributed by atoms with E-state index in [2.05, 4.69) is 81.0 Å². The van der Waals surface area contributed by atoms with Gasteiger partial charge in [0.1, 0.15) is 5.75 Å². The molecule has 6 nitrogen and oxygen atoms in total. The number of unbranched alkanes of at least 4 members (excludes halogenated alkanes) is 1. The highest BCUT2D eigenvalue weighted by Crippen LogP contribution is 2.29. The van der Waals surface area contributed by atoms with Crippen LogP contribution in [0.5, 0.6) is 5.75 Å². The molecule has 0 fully saturated rings. The summed E-state index contributed by atoms with van der Waals surface area (Å²) < 4.78 is 6.26. The number of nitrogens with zero attached hydrogens (tertiary/aromatic N) is 3. The summed E-state index contributed by atoms with van der Waals surface area (Å²) in [6.45, 7) is 7.33. The number of carbonyl (C=O) groups is 1. The van der Waals surface area contributed by atoms with Crippen molar-refractivity contribution in [3.05, 3.63) is 41.5 Å². The number of amides is 1. The van der Waals surface area contributed by atoms with Crippen molar-refractivity contribution in [2.45, 2.75) is 32.5 Å². The van der Waals surface area contributed by atoms with Crippen LogP contribution in [0.2, 0.25) is 0 Å². The molecule has 1 rings (SSSR count). The third kappa shape index (κ3) is 9.35. The van der Waals surface area contributed by atoms with E-state index in [0.717, 1.165) is 38.2 Å². The second-order valence-corrected chi connectivity index (χ2v) is 8.01. The van der Waals surface area contributed by atoms with Crippen molar-refractivity contribution < 1.29 is 9.53 Å². The molecule has 28 heavy (non-hydrogen) atoms. The Bertz CT molecular complexity index is 596. The number of carbonyl (C=O) groups excluding carboxylic acids is 1. The molecule has 1 aromatic rings. The summed E-state index contributed by atoms with van der Waals surface area (Å²) in [6, 6.07) is 4.53. The molecule has 0 heterocycles. The Balaban J connectivity index is 2.91. The maximum absolute atomic E-state index is 11.2. The van der Waals surface area contributed by atoms with Crippen LogP contribution in [0.15, 0.2) is 24.8 Å². The molecule has 0 atom stereocenters. The first kappa shape index (κ1) is 24.1. The summed E-state index contributed by atoms with van der Waals surface area (Å²) >= 11 is 0. The van der Waals surface area contributed by atoms with Crippen molar-refractivity contribution in [2.24, 2.45) is 0 Å². The Labute approximate surface area is 171 Å². The molecule has 0 spiro atoms. The van der Waals surface area contributed by atoms with Gasteiger partial charge in [-0.1, -0.05) is 6.58 Å². The Morgan fingerprint density at radius 2 is 1.50 bits per heavy atom. The minimum Gasteiger partial charge on any atom is -0.493 e. The van der Waals surface area contributed by atoms with E-state index < -0.39 is 0 Å². The summed E-state index contributed by atoms with van der Waals surface area (Å²) in [4.78, 5) is 17.7. The molecular weight excluding hydrogens is 352 g/mol. The Morgan fingerprint density at radius 3 is 1.96 bits per heavy atom. The molecule has 0 bridgehead atoms. The third-order valence-corrected chi connectivity index (χ3v) is 4.08. The largest absolute Gasteiger partial charge is 0.493 e. The lowest BCUT2D eigenvalue weighted by Gasteiger charge is -2.23. The van der Waals surface area contributed by atoms with Crippen LogP contribution in [0, 0.1) is 0 Å². The lowest BCUT2D eigenvalue weighted by Crippen LogP contribution is -2.22. The van der Waals surface area contributed by atoms with Crippen LogP contribution in [-0.2, 0) is 24.4 Å². The smallest absolute Gasteiger partial charge is 0.243 e. The molecule has 6 heteroatoms. The maximum atomic E-state index is 11.2. The molecule has 158 valence electrons.